The van der Waals surface area contributed by atoms with Crippen molar-refractivity contribution in [1.82, 2.24) is 15.6 Å². The zero-order valence-electron chi connectivity index (χ0n) is 18.9. The quantitative estimate of drug-likeness (QED) is 0.129. The molecule has 180 valence electrons. The van der Waals surface area contributed by atoms with Crippen LogP contribution in [-0.4, -0.2) is 58.5 Å². The lowest BCUT2D eigenvalue weighted by molar-refractivity contribution is -0.143. The number of rotatable bonds is 12. The number of H-pyrrole nitrogens is 1. The van der Waals surface area contributed by atoms with Gasteiger partial charge in [-0.1, -0.05) is 32.0 Å². The maximum Gasteiger partial charge on any atom is 0.326 e. The van der Waals surface area contributed by atoms with Crippen molar-refractivity contribution in [3.63, 3.8) is 0 Å². The van der Waals surface area contributed by atoms with E-state index in [1.54, 1.807) is 20.0 Å². The Bertz CT molecular complexity index is 998. The maximum absolute atomic E-state index is 12.8. The van der Waals surface area contributed by atoms with Crippen molar-refractivity contribution < 1.29 is 19.5 Å². The van der Waals surface area contributed by atoms with E-state index in [0.29, 0.717) is 6.42 Å². The molecule has 3 unspecified atom stereocenters. The van der Waals surface area contributed by atoms with Gasteiger partial charge in [0, 0.05) is 23.6 Å². The molecule has 2 aromatic rings. The Morgan fingerprint density at radius 3 is 2.45 bits per heavy atom. The van der Waals surface area contributed by atoms with Crippen molar-refractivity contribution in [2.24, 2.45) is 28.1 Å². The molecule has 2 rings (SSSR count). The van der Waals surface area contributed by atoms with Crippen molar-refractivity contribution in [1.29, 1.82) is 0 Å². The van der Waals surface area contributed by atoms with Crippen LogP contribution in [0.2, 0.25) is 0 Å². The average molecular weight is 460 g/mol. The number of para-hydroxylation sites is 1. The maximum atomic E-state index is 12.8. The predicted molar refractivity (Wildman–Crippen MR) is 126 cm³/mol. The number of nitrogens with two attached hydrogens (primary N) is 3. The third-order valence-corrected chi connectivity index (χ3v) is 5.26. The van der Waals surface area contributed by atoms with Gasteiger partial charge >= 0.3 is 5.97 Å². The van der Waals surface area contributed by atoms with E-state index >= 15 is 0 Å². The number of aliphatic imine (C=N–C) groups is 1. The molecule has 1 aromatic heterocycles. The Morgan fingerprint density at radius 1 is 1.12 bits per heavy atom. The van der Waals surface area contributed by atoms with Crippen LogP contribution in [0.1, 0.15) is 32.3 Å². The van der Waals surface area contributed by atoms with Gasteiger partial charge in [0.15, 0.2) is 5.96 Å². The summed E-state index contributed by atoms with van der Waals surface area (Å²) in [6.45, 7) is 3.63. The molecule has 0 spiro atoms. The van der Waals surface area contributed by atoms with E-state index in [0.717, 1.165) is 16.5 Å². The van der Waals surface area contributed by atoms with E-state index in [-0.39, 0.29) is 31.3 Å². The van der Waals surface area contributed by atoms with Crippen molar-refractivity contribution in [3.05, 3.63) is 36.0 Å². The number of carbonyl (C=O) groups is 3. The fraction of sp³-hybridized carbons (Fsp3) is 0.455. The number of aromatic amines is 1. The van der Waals surface area contributed by atoms with E-state index in [9.17, 15) is 19.5 Å². The van der Waals surface area contributed by atoms with Gasteiger partial charge in [0.25, 0.3) is 0 Å². The van der Waals surface area contributed by atoms with Crippen LogP contribution in [0.4, 0.5) is 0 Å². The summed E-state index contributed by atoms with van der Waals surface area (Å²) in [6.07, 6.45) is 2.67. The highest BCUT2D eigenvalue weighted by atomic mass is 16.4. The molecular weight excluding hydrogens is 426 g/mol. The number of fused-ring (bicyclic) bond motifs is 1. The number of carboxylic acids is 1. The monoisotopic (exact) mass is 459 g/mol. The SMILES string of the molecule is CC(C)C(NC(=O)C(CCCN=C(N)N)NC(=O)C(N)Cc1c[nH]c2ccccc12)C(=O)O. The zero-order chi connectivity index (χ0) is 24.5. The van der Waals surface area contributed by atoms with Gasteiger partial charge in [-0.2, -0.15) is 0 Å². The highest BCUT2D eigenvalue weighted by Gasteiger charge is 2.29. The van der Waals surface area contributed by atoms with E-state index in [1.807, 2.05) is 24.3 Å². The first-order valence-corrected chi connectivity index (χ1v) is 10.8. The van der Waals surface area contributed by atoms with Gasteiger partial charge in [-0.3, -0.25) is 14.6 Å². The molecule has 10 N–H and O–H groups in total. The lowest BCUT2D eigenvalue weighted by atomic mass is 10.0. The Kier molecular flexibility index (Phi) is 9.22. The molecule has 0 aliphatic rings. The highest BCUT2D eigenvalue weighted by molar-refractivity contribution is 5.92. The number of amides is 2. The molecule has 33 heavy (non-hydrogen) atoms. The fourth-order valence-electron chi connectivity index (χ4n) is 3.45. The second kappa shape index (κ2) is 11.9. The topological polar surface area (TPSA) is 202 Å². The lowest BCUT2D eigenvalue weighted by Crippen LogP contribution is -2.55. The number of nitrogens with zero attached hydrogens (tertiary/aromatic N) is 1. The number of nitrogens with one attached hydrogen (secondary N) is 3. The molecule has 0 saturated heterocycles. The Morgan fingerprint density at radius 2 is 1.82 bits per heavy atom. The van der Waals surface area contributed by atoms with Crippen LogP contribution in [0.3, 0.4) is 0 Å². The summed E-state index contributed by atoms with van der Waals surface area (Å²) in [4.78, 5) is 44.1. The van der Waals surface area contributed by atoms with E-state index in [2.05, 4.69) is 20.6 Å². The molecule has 0 bridgehead atoms. The highest BCUT2D eigenvalue weighted by Crippen LogP contribution is 2.18. The van der Waals surface area contributed by atoms with Crippen LogP contribution in [0, 0.1) is 5.92 Å². The molecule has 0 fully saturated rings. The molecule has 1 aromatic carbocycles. The van der Waals surface area contributed by atoms with E-state index in [1.165, 1.54) is 0 Å². The molecule has 0 saturated carbocycles. The first-order chi connectivity index (χ1) is 15.6. The first-order valence-electron chi connectivity index (χ1n) is 10.8. The second-order valence-corrected chi connectivity index (χ2v) is 8.25. The Balaban J connectivity index is 2.08. The summed E-state index contributed by atoms with van der Waals surface area (Å²) in [5.41, 5.74) is 18.6. The molecular formula is C22H33N7O4. The molecule has 11 nitrogen and oxygen atoms in total. The summed E-state index contributed by atoms with van der Waals surface area (Å²) in [5.74, 6) is -2.69. The van der Waals surface area contributed by atoms with Gasteiger partial charge in [0.1, 0.15) is 12.1 Å². The number of guanidine groups is 1. The van der Waals surface area contributed by atoms with E-state index < -0.39 is 35.9 Å². The van der Waals surface area contributed by atoms with Crippen molar-refractivity contribution >= 4 is 34.6 Å². The molecule has 1 heterocycles. The predicted octanol–water partition coefficient (Wildman–Crippen LogP) is -0.198. The number of hydrogen-bond donors (Lipinski definition) is 7. The van der Waals surface area contributed by atoms with Gasteiger partial charge in [-0.25, -0.2) is 4.79 Å². The average Bonchev–Trinajstić information content (AvgIpc) is 3.15. The van der Waals surface area contributed by atoms with Gasteiger partial charge < -0.3 is 37.9 Å². The Labute approximate surface area is 192 Å². The number of aromatic nitrogens is 1. The molecule has 0 radical (unpaired) electrons. The second-order valence-electron chi connectivity index (χ2n) is 8.25. The van der Waals surface area contributed by atoms with Crippen LogP contribution < -0.4 is 27.8 Å². The molecule has 0 aliphatic heterocycles. The minimum atomic E-state index is -1.15. The van der Waals surface area contributed by atoms with Crippen LogP contribution in [0.5, 0.6) is 0 Å². The van der Waals surface area contributed by atoms with Crippen molar-refractivity contribution in [3.8, 4) is 0 Å². The standard InChI is InChI=1S/C22H33N7O4/c1-12(2)18(21(32)33)29-20(31)17(8-5-9-26-22(24)25)28-19(30)15(23)10-13-11-27-16-7-4-3-6-14(13)16/h3-4,6-7,11-12,15,17-18,27H,5,8-10,23H2,1-2H3,(H,28,30)(H,29,31)(H,32,33)(H4,24,25,26). The molecule has 0 aliphatic carbocycles. The smallest absolute Gasteiger partial charge is 0.326 e. The lowest BCUT2D eigenvalue weighted by Gasteiger charge is -2.24. The minimum Gasteiger partial charge on any atom is -0.480 e. The number of carboxylic acid groups (broad SMARTS) is 1. The third kappa shape index (κ3) is 7.49. The van der Waals surface area contributed by atoms with E-state index in [4.69, 9.17) is 17.2 Å². The number of benzene rings is 1. The first kappa shape index (κ1) is 25.7. The zero-order valence-corrected chi connectivity index (χ0v) is 18.9. The molecule has 11 heteroatoms. The van der Waals surface area contributed by atoms with Crippen molar-refractivity contribution in [2.75, 3.05) is 6.54 Å². The van der Waals surface area contributed by atoms with Gasteiger partial charge in [-0.05, 0) is 36.8 Å². The summed E-state index contributed by atoms with van der Waals surface area (Å²) in [6, 6.07) is 4.69. The van der Waals surface area contributed by atoms with Gasteiger partial charge in [0.2, 0.25) is 11.8 Å². The molecule has 2 amide bonds. The fourth-order valence-corrected chi connectivity index (χ4v) is 3.45. The van der Waals surface area contributed by atoms with Crippen LogP contribution in [-0.2, 0) is 20.8 Å². The summed E-state index contributed by atoms with van der Waals surface area (Å²) >= 11 is 0. The summed E-state index contributed by atoms with van der Waals surface area (Å²) in [7, 11) is 0. The third-order valence-electron chi connectivity index (χ3n) is 5.26. The normalized spacial score (nSPS) is 13.8. The van der Waals surface area contributed by atoms with Gasteiger partial charge in [-0.15, -0.1) is 0 Å². The Hall–Kier alpha value is -3.60. The van der Waals surface area contributed by atoms with Gasteiger partial charge in [0.05, 0.1) is 6.04 Å². The number of aliphatic carboxylic acids is 1. The van der Waals surface area contributed by atoms with Crippen LogP contribution >= 0.6 is 0 Å². The molecule has 3 atom stereocenters. The summed E-state index contributed by atoms with van der Waals surface area (Å²) in [5, 5.41) is 15.5. The summed E-state index contributed by atoms with van der Waals surface area (Å²) < 4.78 is 0. The number of carbonyl (C=O) groups excluding carboxylic acids is 2. The largest absolute Gasteiger partial charge is 0.480 e. The van der Waals surface area contributed by atoms with Crippen molar-refractivity contribution in [2.45, 2.75) is 51.2 Å². The minimum absolute atomic E-state index is 0.0773. The van der Waals surface area contributed by atoms with Crippen LogP contribution in [0.15, 0.2) is 35.5 Å². The number of hydrogen-bond acceptors (Lipinski definition) is 5. The van der Waals surface area contributed by atoms with Crippen LogP contribution in [0.25, 0.3) is 10.9 Å².